The van der Waals surface area contributed by atoms with E-state index >= 15 is 0 Å². The fourth-order valence-electron chi connectivity index (χ4n) is 1.46. The van der Waals surface area contributed by atoms with Crippen LogP contribution in [-0.4, -0.2) is 36.6 Å². The molecule has 0 bridgehead atoms. The standard InChI is InChI=1S/C11H12N4O2S/c1-7-8(4-3-5-12-7)10-13-11(15(2)14-10)18-6-9(16)17/h3-5H,6H2,1-2H3,(H,16,17). The normalized spacial score (nSPS) is 10.6. The number of carbonyl (C=O) groups is 1. The molecule has 6 nitrogen and oxygen atoms in total. The van der Waals surface area contributed by atoms with Gasteiger partial charge in [0.1, 0.15) is 0 Å². The van der Waals surface area contributed by atoms with Crippen molar-refractivity contribution in [3.05, 3.63) is 24.0 Å². The van der Waals surface area contributed by atoms with Crippen molar-refractivity contribution in [2.24, 2.45) is 7.05 Å². The molecule has 0 aliphatic rings. The lowest BCUT2D eigenvalue weighted by atomic mass is 10.2. The van der Waals surface area contributed by atoms with Crippen molar-refractivity contribution in [1.82, 2.24) is 19.7 Å². The van der Waals surface area contributed by atoms with E-state index in [0.717, 1.165) is 23.0 Å². The van der Waals surface area contributed by atoms with Gasteiger partial charge in [-0.15, -0.1) is 0 Å². The Labute approximate surface area is 108 Å². The summed E-state index contributed by atoms with van der Waals surface area (Å²) in [5.41, 5.74) is 1.70. The van der Waals surface area contributed by atoms with Gasteiger partial charge in [0, 0.05) is 24.5 Å². The molecule has 0 fully saturated rings. The first kappa shape index (κ1) is 12.6. The van der Waals surface area contributed by atoms with E-state index in [2.05, 4.69) is 15.1 Å². The van der Waals surface area contributed by atoms with E-state index in [0.29, 0.717) is 11.0 Å². The first-order valence-corrected chi connectivity index (χ1v) is 6.24. The van der Waals surface area contributed by atoms with Crippen LogP contribution in [0, 0.1) is 6.92 Å². The summed E-state index contributed by atoms with van der Waals surface area (Å²) in [5, 5.41) is 13.5. The zero-order chi connectivity index (χ0) is 13.1. The Balaban J connectivity index is 2.29. The molecule has 2 aromatic heterocycles. The highest BCUT2D eigenvalue weighted by atomic mass is 32.2. The molecule has 0 saturated heterocycles. The van der Waals surface area contributed by atoms with Crippen LogP contribution < -0.4 is 0 Å². The highest BCUT2D eigenvalue weighted by Crippen LogP contribution is 2.22. The van der Waals surface area contributed by atoms with Crippen molar-refractivity contribution >= 4 is 17.7 Å². The summed E-state index contributed by atoms with van der Waals surface area (Å²) in [6.45, 7) is 1.88. The molecule has 0 unspecified atom stereocenters. The fourth-order valence-corrected chi connectivity index (χ4v) is 2.09. The molecule has 0 radical (unpaired) electrons. The lowest BCUT2D eigenvalue weighted by Gasteiger charge is -1.97. The zero-order valence-corrected chi connectivity index (χ0v) is 10.8. The number of pyridine rings is 1. The summed E-state index contributed by atoms with van der Waals surface area (Å²) in [6, 6.07) is 3.71. The molecule has 7 heteroatoms. The van der Waals surface area contributed by atoms with Crippen LogP contribution in [0.4, 0.5) is 0 Å². The van der Waals surface area contributed by atoms with Crippen LogP contribution in [0.3, 0.4) is 0 Å². The number of hydrogen-bond donors (Lipinski definition) is 1. The lowest BCUT2D eigenvalue weighted by molar-refractivity contribution is -0.133. The van der Waals surface area contributed by atoms with Crippen LogP contribution in [-0.2, 0) is 11.8 Å². The summed E-state index contributed by atoms with van der Waals surface area (Å²) in [5.74, 6) is -0.337. The van der Waals surface area contributed by atoms with Gasteiger partial charge in [-0.2, -0.15) is 5.10 Å². The second-order valence-corrected chi connectivity index (χ2v) is 4.60. The largest absolute Gasteiger partial charge is 0.481 e. The maximum atomic E-state index is 10.5. The third-order valence-corrected chi connectivity index (χ3v) is 3.30. The number of thioether (sulfide) groups is 1. The summed E-state index contributed by atoms with van der Waals surface area (Å²) in [6.07, 6.45) is 1.71. The lowest BCUT2D eigenvalue weighted by Crippen LogP contribution is -2.00. The average molecular weight is 264 g/mol. The molecule has 0 spiro atoms. The van der Waals surface area contributed by atoms with E-state index in [1.807, 2.05) is 19.1 Å². The number of aliphatic carboxylic acids is 1. The molecule has 94 valence electrons. The molecule has 0 aliphatic heterocycles. The summed E-state index contributed by atoms with van der Waals surface area (Å²) in [4.78, 5) is 19.0. The first-order valence-electron chi connectivity index (χ1n) is 5.25. The van der Waals surface area contributed by atoms with Crippen molar-refractivity contribution in [1.29, 1.82) is 0 Å². The van der Waals surface area contributed by atoms with E-state index in [1.165, 1.54) is 0 Å². The average Bonchev–Trinajstić information content (AvgIpc) is 2.68. The number of aromatic nitrogens is 4. The molecule has 0 amide bonds. The monoisotopic (exact) mass is 264 g/mol. The third-order valence-electron chi connectivity index (χ3n) is 2.30. The SMILES string of the molecule is Cc1ncccc1-c1nc(SCC(=O)O)n(C)n1. The maximum absolute atomic E-state index is 10.5. The van der Waals surface area contributed by atoms with Gasteiger partial charge in [0.05, 0.1) is 5.75 Å². The van der Waals surface area contributed by atoms with Gasteiger partial charge < -0.3 is 5.11 Å². The minimum atomic E-state index is -0.873. The minimum absolute atomic E-state index is 0.0298. The maximum Gasteiger partial charge on any atom is 0.313 e. The van der Waals surface area contributed by atoms with E-state index in [4.69, 9.17) is 5.11 Å². The molecule has 2 rings (SSSR count). The molecule has 18 heavy (non-hydrogen) atoms. The van der Waals surface area contributed by atoms with Gasteiger partial charge in [0.25, 0.3) is 0 Å². The molecule has 1 N–H and O–H groups in total. The van der Waals surface area contributed by atoms with Crippen LogP contribution in [0.1, 0.15) is 5.69 Å². The zero-order valence-electron chi connectivity index (χ0n) is 9.99. The first-order chi connectivity index (χ1) is 8.58. The number of rotatable bonds is 4. The minimum Gasteiger partial charge on any atom is -0.481 e. The molecule has 0 atom stereocenters. The fraction of sp³-hybridized carbons (Fsp3) is 0.273. The van der Waals surface area contributed by atoms with Crippen LogP contribution in [0.2, 0.25) is 0 Å². The smallest absolute Gasteiger partial charge is 0.313 e. The van der Waals surface area contributed by atoms with Crippen LogP contribution >= 0.6 is 11.8 Å². The van der Waals surface area contributed by atoms with Gasteiger partial charge in [-0.05, 0) is 19.1 Å². The Morgan fingerprint density at radius 3 is 3.00 bits per heavy atom. The molecule has 0 aromatic carbocycles. The van der Waals surface area contributed by atoms with Gasteiger partial charge >= 0.3 is 5.97 Å². The Morgan fingerprint density at radius 1 is 1.56 bits per heavy atom. The quantitative estimate of drug-likeness (QED) is 0.840. The van der Waals surface area contributed by atoms with E-state index in [1.54, 1.807) is 17.9 Å². The summed E-state index contributed by atoms with van der Waals surface area (Å²) in [7, 11) is 1.74. The molecule has 2 aromatic rings. The van der Waals surface area contributed by atoms with Crippen molar-refractivity contribution in [3.63, 3.8) is 0 Å². The van der Waals surface area contributed by atoms with E-state index in [-0.39, 0.29) is 5.75 Å². The van der Waals surface area contributed by atoms with E-state index in [9.17, 15) is 4.79 Å². The van der Waals surface area contributed by atoms with Gasteiger partial charge in [-0.3, -0.25) is 9.78 Å². The Bertz CT molecular complexity index is 582. The second kappa shape index (κ2) is 5.18. The second-order valence-electron chi connectivity index (χ2n) is 3.66. The molecule has 0 saturated carbocycles. The van der Waals surface area contributed by atoms with Crippen LogP contribution in [0.25, 0.3) is 11.4 Å². The number of nitrogens with zero attached hydrogens (tertiary/aromatic N) is 4. The van der Waals surface area contributed by atoms with Crippen molar-refractivity contribution < 1.29 is 9.90 Å². The topological polar surface area (TPSA) is 80.9 Å². The number of aryl methyl sites for hydroxylation is 2. The van der Waals surface area contributed by atoms with Crippen molar-refractivity contribution in [3.8, 4) is 11.4 Å². The van der Waals surface area contributed by atoms with Crippen LogP contribution in [0.15, 0.2) is 23.5 Å². The number of hydrogen-bond acceptors (Lipinski definition) is 5. The Morgan fingerprint density at radius 2 is 2.33 bits per heavy atom. The molecular weight excluding hydrogens is 252 g/mol. The van der Waals surface area contributed by atoms with Gasteiger partial charge in [-0.25, -0.2) is 9.67 Å². The van der Waals surface area contributed by atoms with Crippen LogP contribution in [0.5, 0.6) is 0 Å². The van der Waals surface area contributed by atoms with Gasteiger partial charge in [-0.1, -0.05) is 11.8 Å². The van der Waals surface area contributed by atoms with E-state index < -0.39 is 5.97 Å². The highest BCUT2D eigenvalue weighted by molar-refractivity contribution is 7.99. The van der Waals surface area contributed by atoms with Gasteiger partial charge in [0.15, 0.2) is 11.0 Å². The van der Waals surface area contributed by atoms with Crippen molar-refractivity contribution in [2.45, 2.75) is 12.1 Å². The summed E-state index contributed by atoms with van der Waals surface area (Å²) >= 11 is 1.15. The third kappa shape index (κ3) is 2.67. The summed E-state index contributed by atoms with van der Waals surface area (Å²) < 4.78 is 1.58. The Hall–Kier alpha value is -1.89. The number of carboxylic acid groups (broad SMARTS) is 1. The predicted molar refractivity (Wildman–Crippen MR) is 67.3 cm³/mol. The van der Waals surface area contributed by atoms with Gasteiger partial charge in [0.2, 0.25) is 0 Å². The highest BCUT2D eigenvalue weighted by Gasteiger charge is 2.12. The molecule has 0 aliphatic carbocycles. The molecule has 2 heterocycles. The predicted octanol–water partition coefficient (Wildman–Crippen LogP) is 1.36. The Kier molecular flexibility index (Phi) is 3.61. The van der Waals surface area contributed by atoms with Crippen molar-refractivity contribution in [2.75, 3.05) is 5.75 Å². The number of carboxylic acids is 1. The molecular formula is C11H12N4O2S.